The second-order valence-corrected chi connectivity index (χ2v) is 6.28. The number of hydrogen-bond acceptors (Lipinski definition) is 4. The molecular formula is C18H29IN6O. The third kappa shape index (κ3) is 6.40. The first-order valence-electron chi connectivity index (χ1n) is 9.07. The smallest absolute Gasteiger partial charge is 0.188 e. The van der Waals surface area contributed by atoms with Crippen LogP contribution in [0.15, 0.2) is 35.6 Å². The molecule has 1 aliphatic rings. The summed E-state index contributed by atoms with van der Waals surface area (Å²) in [4.78, 5) is 11.2. The van der Waals surface area contributed by atoms with E-state index in [-0.39, 0.29) is 24.0 Å². The van der Waals surface area contributed by atoms with Crippen LogP contribution in [0.5, 0.6) is 0 Å². The first-order chi connectivity index (χ1) is 12.3. The monoisotopic (exact) mass is 472 g/mol. The van der Waals surface area contributed by atoms with Gasteiger partial charge in [-0.25, -0.2) is 4.98 Å². The van der Waals surface area contributed by atoms with Gasteiger partial charge in [0.1, 0.15) is 0 Å². The molecule has 1 aliphatic heterocycles. The first kappa shape index (κ1) is 20.9. The van der Waals surface area contributed by atoms with E-state index in [2.05, 4.69) is 30.8 Å². The molecule has 1 saturated heterocycles. The number of fused-ring (bicyclic) bond motifs is 1. The van der Waals surface area contributed by atoms with E-state index in [4.69, 9.17) is 10.5 Å². The molecule has 2 heterocycles. The summed E-state index contributed by atoms with van der Waals surface area (Å²) < 4.78 is 7.51. The van der Waals surface area contributed by atoms with E-state index < -0.39 is 0 Å². The summed E-state index contributed by atoms with van der Waals surface area (Å²) >= 11 is 0. The number of guanidine groups is 1. The summed E-state index contributed by atoms with van der Waals surface area (Å²) in [6.45, 7) is 7.32. The topological polar surface area (TPSA) is 80.7 Å². The predicted octanol–water partition coefficient (Wildman–Crippen LogP) is 1.67. The summed E-state index contributed by atoms with van der Waals surface area (Å²) in [5.74, 6) is 0.539. The SMILES string of the molecule is I.NC(=NCCCn1cnc2ccccc21)NCCCN1CCOCC1. The quantitative estimate of drug-likeness (QED) is 0.265. The van der Waals surface area contributed by atoms with Crippen molar-refractivity contribution in [3.05, 3.63) is 30.6 Å². The highest BCUT2D eigenvalue weighted by Crippen LogP contribution is 2.11. The maximum absolute atomic E-state index is 5.93. The Balaban J connectivity index is 0.00000243. The fourth-order valence-corrected chi connectivity index (χ4v) is 3.03. The molecule has 1 aromatic carbocycles. The number of nitrogens with one attached hydrogen (secondary N) is 1. The number of para-hydroxylation sites is 2. The van der Waals surface area contributed by atoms with Crippen LogP contribution in [0.25, 0.3) is 11.0 Å². The van der Waals surface area contributed by atoms with Crippen molar-refractivity contribution in [2.75, 3.05) is 45.9 Å². The van der Waals surface area contributed by atoms with E-state index in [0.29, 0.717) is 5.96 Å². The fraction of sp³-hybridized carbons (Fsp3) is 0.556. The summed E-state index contributed by atoms with van der Waals surface area (Å²) in [5.41, 5.74) is 8.13. The second-order valence-electron chi connectivity index (χ2n) is 6.28. The molecular weight excluding hydrogens is 443 g/mol. The molecule has 3 rings (SSSR count). The zero-order valence-electron chi connectivity index (χ0n) is 15.1. The van der Waals surface area contributed by atoms with Crippen LogP contribution < -0.4 is 11.1 Å². The predicted molar refractivity (Wildman–Crippen MR) is 116 cm³/mol. The van der Waals surface area contributed by atoms with Crippen molar-refractivity contribution in [2.45, 2.75) is 19.4 Å². The van der Waals surface area contributed by atoms with Crippen molar-refractivity contribution >= 4 is 41.0 Å². The van der Waals surface area contributed by atoms with Crippen molar-refractivity contribution in [1.29, 1.82) is 0 Å². The highest BCUT2D eigenvalue weighted by molar-refractivity contribution is 14.0. The number of aryl methyl sites for hydroxylation is 1. The lowest BCUT2D eigenvalue weighted by Gasteiger charge is -2.26. The minimum absolute atomic E-state index is 0. The van der Waals surface area contributed by atoms with Crippen LogP contribution in [0, 0.1) is 0 Å². The molecule has 7 nitrogen and oxygen atoms in total. The van der Waals surface area contributed by atoms with E-state index in [1.807, 2.05) is 24.5 Å². The third-order valence-electron chi connectivity index (χ3n) is 4.43. The maximum atomic E-state index is 5.93. The molecule has 3 N–H and O–H groups in total. The zero-order chi connectivity index (χ0) is 17.3. The summed E-state index contributed by atoms with van der Waals surface area (Å²) in [7, 11) is 0. The Kier molecular flexibility index (Phi) is 9.13. The number of rotatable bonds is 8. The first-order valence-corrected chi connectivity index (χ1v) is 9.07. The highest BCUT2D eigenvalue weighted by Gasteiger charge is 2.08. The normalized spacial score (nSPS) is 15.8. The Morgan fingerprint density at radius 1 is 1.19 bits per heavy atom. The summed E-state index contributed by atoms with van der Waals surface area (Å²) in [5, 5.41) is 3.20. The number of halogens is 1. The van der Waals surface area contributed by atoms with Crippen LogP contribution in [0.3, 0.4) is 0 Å². The van der Waals surface area contributed by atoms with Gasteiger partial charge in [-0.15, -0.1) is 24.0 Å². The van der Waals surface area contributed by atoms with Gasteiger partial charge in [-0.2, -0.15) is 0 Å². The molecule has 0 radical (unpaired) electrons. The molecule has 0 amide bonds. The molecule has 26 heavy (non-hydrogen) atoms. The largest absolute Gasteiger partial charge is 0.379 e. The lowest BCUT2D eigenvalue weighted by molar-refractivity contribution is 0.0376. The van der Waals surface area contributed by atoms with Gasteiger partial charge in [-0.1, -0.05) is 12.1 Å². The number of aromatic nitrogens is 2. The van der Waals surface area contributed by atoms with Gasteiger partial charge in [-0.3, -0.25) is 9.89 Å². The number of ether oxygens (including phenoxy) is 1. The van der Waals surface area contributed by atoms with Gasteiger partial charge in [0.05, 0.1) is 30.6 Å². The standard InChI is InChI=1S/C18H28N6O.HI/c19-18(20-7-3-9-23-11-13-25-14-12-23)21-8-4-10-24-15-22-16-5-1-2-6-17(16)24;/h1-2,5-6,15H,3-4,7-14H2,(H3,19,20,21);1H. The van der Waals surface area contributed by atoms with Gasteiger partial charge >= 0.3 is 0 Å². The molecule has 1 fully saturated rings. The fourth-order valence-electron chi connectivity index (χ4n) is 3.03. The van der Waals surface area contributed by atoms with Crippen LogP contribution in [0.2, 0.25) is 0 Å². The number of nitrogens with two attached hydrogens (primary N) is 1. The van der Waals surface area contributed by atoms with Gasteiger partial charge in [0.2, 0.25) is 0 Å². The van der Waals surface area contributed by atoms with Gasteiger partial charge in [0.15, 0.2) is 5.96 Å². The molecule has 0 atom stereocenters. The van der Waals surface area contributed by atoms with E-state index >= 15 is 0 Å². The number of nitrogens with zero attached hydrogens (tertiary/aromatic N) is 4. The van der Waals surface area contributed by atoms with E-state index in [1.165, 1.54) is 5.52 Å². The molecule has 0 bridgehead atoms. The van der Waals surface area contributed by atoms with Crippen molar-refractivity contribution in [2.24, 2.45) is 10.7 Å². The minimum atomic E-state index is 0. The molecule has 144 valence electrons. The van der Waals surface area contributed by atoms with Crippen LogP contribution in [0.1, 0.15) is 12.8 Å². The number of benzene rings is 1. The third-order valence-corrected chi connectivity index (χ3v) is 4.43. The van der Waals surface area contributed by atoms with Crippen LogP contribution in [-0.4, -0.2) is 66.3 Å². The van der Waals surface area contributed by atoms with Gasteiger partial charge in [-0.05, 0) is 31.5 Å². The average molecular weight is 472 g/mol. The van der Waals surface area contributed by atoms with E-state index in [0.717, 1.165) is 70.8 Å². The molecule has 2 aromatic rings. The lowest BCUT2D eigenvalue weighted by atomic mass is 10.3. The Hall–Kier alpha value is -1.39. The molecule has 0 saturated carbocycles. The van der Waals surface area contributed by atoms with Crippen molar-refractivity contribution in [3.8, 4) is 0 Å². The summed E-state index contributed by atoms with van der Waals surface area (Å²) in [6.07, 6.45) is 3.90. The Morgan fingerprint density at radius 2 is 2.00 bits per heavy atom. The van der Waals surface area contributed by atoms with E-state index in [1.54, 1.807) is 0 Å². The molecule has 0 spiro atoms. The van der Waals surface area contributed by atoms with Gasteiger partial charge in [0.25, 0.3) is 0 Å². The highest BCUT2D eigenvalue weighted by atomic mass is 127. The van der Waals surface area contributed by atoms with Crippen molar-refractivity contribution in [3.63, 3.8) is 0 Å². The van der Waals surface area contributed by atoms with Crippen LogP contribution in [0.4, 0.5) is 0 Å². The molecule has 8 heteroatoms. The molecule has 1 aromatic heterocycles. The van der Waals surface area contributed by atoms with Gasteiger partial charge in [0, 0.05) is 32.7 Å². The lowest BCUT2D eigenvalue weighted by Crippen LogP contribution is -2.39. The average Bonchev–Trinajstić information content (AvgIpc) is 3.06. The Labute approximate surface area is 172 Å². The van der Waals surface area contributed by atoms with E-state index in [9.17, 15) is 0 Å². The molecule has 0 aliphatic carbocycles. The number of imidazole rings is 1. The van der Waals surface area contributed by atoms with Crippen molar-refractivity contribution < 1.29 is 4.74 Å². The van der Waals surface area contributed by atoms with Crippen molar-refractivity contribution in [1.82, 2.24) is 19.8 Å². The second kappa shape index (κ2) is 11.3. The Morgan fingerprint density at radius 3 is 2.85 bits per heavy atom. The molecule has 0 unspecified atom stereocenters. The number of hydrogen-bond donors (Lipinski definition) is 2. The number of aliphatic imine (C=N–C) groups is 1. The Bertz CT molecular complexity index is 683. The maximum Gasteiger partial charge on any atom is 0.188 e. The van der Waals surface area contributed by atoms with Crippen LogP contribution >= 0.6 is 24.0 Å². The van der Waals surface area contributed by atoms with Crippen LogP contribution in [-0.2, 0) is 11.3 Å². The number of morpholine rings is 1. The van der Waals surface area contributed by atoms with Gasteiger partial charge < -0.3 is 20.4 Å². The minimum Gasteiger partial charge on any atom is -0.379 e. The zero-order valence-corrected chi connectivity index (χ0v) is 17.5. The summed E-state index contributed by atoms with van der Waals surface area (Å²) in [6, 6.07) is 8.17.